The van der Waals surface area contributed by atoms with Crippen molar-refractivity contribution in [2.24, 2.45) is 5.16 Å². The Balaban J connectivity index is 2.10. The van der Waals surface area contributed by atoms with Crippen LogP contribution in [0.15, 0.2) is 23.4 Å². The number of carbonyl (C=O) groups is 1. The fourth-order valence-corrected chi connectivity index (χ4v) is 2.28. The van der Waals surface area contributed by atoms with Gasteiger partial charge in [0.15, 0.2) is 0 Å². The van der Waals surface area contributed by atoms with Gasteiger partial charge in [0.1, 0.15) is 5.60 Å². The SMILES string of the molecule is CC(C)(C)OC(=O)Cc1ccc2c(c1)CC/C2=N\O. The molecule has 0 aliphatic heterocycles. The zero-order valence-corrected chi connectivity index (χ0v) is 11.6. The van der Waals surface area contributed by atoms with Crippen LogP contribution in [0.1, 0.15) is 43.9 Å². The van der Waals surface area contributed by atoms with E-state index in [9.17, 15) is 4.79 Å². The summed E-state index contributed by atoms with van der Waals surface area (Å²) >= 11 is 0. The van der Waals surface area contributed by atoms with E-state index >= 15 is 0 Å². The van der Waals surface area contributed by atoms with Gasteiger partial charge >= 0.3 is 5.97 Å². The van der Waals surface area contributed by atoms with Crippen molar-refractivity contribution < 1.29 is 14.7 Å². The second kappa shape index (κ2) is 5.03. The number of benzene rings is 1. The minimum absolute atomic E-state index is 0.221. The van der Waals surface area contributed by atoms with Crippen LogP contribution in [0.2, 0.25) is 0 Å². The number of esters is 1. The number of hydrogen-bond donors (Lipinski definition) is 1. The van der Waals surface area contributed by atoms with Crippen LogP contribution < -0.4 is 0 Å². The number of ether oxygens (including phenoxy) is 1. The molecule has 102 valence electrons. The molecule has 1 aromatic rings. The number of oxime groups is 1. The van der Waals surface area contributed by atoms with Crippen molar-refractivity contribution in [3.63, 3.8) is 0 Å². The average Bonchev–Trinajstić information content (AvgIpc) is 2.68. The van der Waals surface area contributed by atoms with Gasteiger partial charge in [-0.3, -0.25) is 4.79 Å². The molecule has 1 aromatic carbocycles. The zero-order valence-electron chi connectivity index (χ0n) is 11.6. The molecule has 1 aliphatic carbocycles. The van der Waals surface area contributed by atoms with Crippen molar-refractivity contribution in [1.29, 1.82) is 0 Å². The molecule has 0 aromatic heterocycles. The molecule has 0 fully saturated rings. The lowest BCUT2D eigenvalue weighted by Crippen LogP contribution is -2.24. The quantitative estimate of drug-likeness (QED) is 0.506. The molecule has 1 N–H and O–H groups in total. The largest absolute Gasteiger partial charge is 0.460 e. The molecular formula is C15H19NO3. The minimum Gasteiger partial charge on any atom is -0.460 e. The topological polar surface area (TPSA) is 58.9 Å². The number of nitrogens with zero attached hydrogens (tertiary/aromatic N) is 1. The number of aryl methyl sites for hydroxylation is 1. The van der Waals surface area contributed by atoms with Crippen LogP contribution >= 0.6 is 0 Å². The first kappa shape index (κ1) is 13.6. The van der Waals surface area contributed by atoms with Gasteiger partial charge in [-0.15, -0.1) is 0 Å². The maximum Gasteiger partial charge on any atom is 0.310 e. The lowest BCUT2D eigenvalue weighted by Gasteiger charge is -2.19. The molecule has 0 spiro atoms. The van der Waals surface area contributed by atoms with Crippen LogP contribution in [-0.2, 0) is 22.4 Å². The third kappa shape index (κ3) is 3.34. The van der Waals surface area contributed by atoms with Crippen molar-refractivity contribution in [2.45, 2.75) is 45.6 Å². The fraction of sp³-hybridized carbons (Fsp3) is 0.467. The summed E-state index contributed by atoms with van der Waals surface area (Å²) in [5.74, 6) is -0.221. The smallest absolute Gasteiger partial charge is 0.310 e. The molecular weight excluding hydrogens is 242 g/mol. The van der Waals surface area contributed by atoms with Crippen LogP contribution in [0, 0.1) is 0 Å². The monoisotopic (exact) mass is 261 g/mol. The predicted octanol–water partition coefficient (Wildman–Crippen LogP) is 2.70. The molecule has 4 heteroatoms. The van der Waals surface area contributed by atoms with Crippen LogP contribution in [0.25, 0.3) is 0 Å². The van der Waals surface area contributed by atoms with E-state index in [1.807, 2.05) is 39.0 Å². The third-order valence-electron chi connectivity index (χ3n) is 3.00. The maximum absolute atomic E-state index is 11.8. The van der Waals surface area contributed by atoms with Gasteiger partial charge in [-0.1, -0.05) is 23.4 Å². The first-order valence-electron chi connectivity index (χ1n) is 6.44. The van der Waals surface area contributed by atoms with Crippen LogP contribution in [0.4, 0.5) is 0 Å². The van der Waals surface area contributed by atoms with Gasteiger partial charge in [0.2, 0.25) is 0 Å². The van der Waals surface area contributed by atoms with E-state index in [0.717, 1.165) is 35.2 Å². The lowest BCUT2D eigenvalue weighted by molar-refractivity contribution is -0.153. The van der Waals surface area contributed by atoms with Gasteiger partial charge in [-0.05, 0) is 44.7 Å². The summed E-state index contributed by atoms with van der Waals surface area (Å²) in [6.45, 7) is 5.58. The van der Waals surface area contributed by atoms with E-state index in [0.29, 0.717) is 0 Å². The first-order chi connectivity index (χ1) is 8.89. The Morgan fingerprint density at radius 3 is 2.74 bits per heavy atom. The minimum atomic E-state index is -0.454. The third-order valence-corrected chi connectivity index (χ3v) is 3.00. The molecule has 0 bridgehead atoms. The molecule has 0 heterocycles. The average molecular weight is 261 g/mol. The second-order valence-electron chi connectivity index (χ2n) is 5.80. The van der Waals surface area contributed by atoms with E-state index in [1.165, 1.54) is 0 Å². The molecule has 0 amide bonds. The molecule has 1 aliphatic rings. The molecule has 0 atom stereocenters. The molecule has 0 unspecified atom stereocenters. The Labute approximate surface area is 113 Å². The summed E-state index contributed by atoms with van der Waals surface area (Å²) in [4.78, 5) is 11.8. The number of fused-ring (bicyclic) bond motifs is 1. The van der Waals surface area contributed by atoms with Gasteiger partial charge < -0.3 is 9.94 Å². The van der Waals surface area contributed by atoms with Gasteiger partial charge in [0.05, 0.1) is 12.1 Å². The molecule has 0 radical (unpaired) electrons. The van der Waals surface area contributed by atoms with Crippen molar-refractivity contribution in [3.8, 4) is 0 Å². The van der Waals surface area contributed by atoms with Crippen molar-refractivity contribution in [2.75, 3.05) is 0 Å². The van der Waals surface area contributed by atoms with Crippen molar-refractivity contribution >= 4 is 11.7 Å². The van der Waals surface area contributed by atoms with Crippen LogP contribution in [-0.4, -0.2) is 22.5 Å². The van der Waals surface area contributed by atoms with E-state index in [-0.39, 0.29) is 12.4 Å². The van der Waals surface area contributed by atoms with Crippen LogP contribution in [0.3, 0.4) is 0 Å². The highest BCUT2D eigenvalue weighted by Gasteiger charge is 2.20. The maximum atomic E-state index is 11.8. The molecule has 0 saturated carbocycles. The highest BCUT2D eigenvalue weighted by atomic mass is 16.6. The zero-order chi connectivity index (χ0) is 14.0. The summed E-state index contributed by atoms with van der Waals surface area (Å²) in [6, 6.07) is 5.80. The summed E-state index contributed by atoms with van der Waals surface area (Å²) in [7, 11) is 0. The lowest BCUT2D eigenvalue weighted by atomic mass is 10.0. The standard InChI is InChI=1S/C15H19NO3/c1-15(2,3)19-14(17)9-10-4-6-12-11(8-10)5-7-13(12)16-18/h4,6,8,18H,5,7,9H2,1-3H3/b16-13+. The van der Waals surface area contributed by atoms with Crippen molar-refractivity contribution in [3.05, 3.63) is 34.9 Å². The Morgan fingerprint density at radius 2 is 2.11 bits per heavy atom. The van der Waals surface area contributed by atoms with E-state index < -0.39 is 5.60 Å². The number of rotatable bonds is 2. The number of carbonyl (C=O) groups excluding carboxylic acids is 1. The van der Waals surface area contributed by atoms with Crippen LogP contribution in [0.5, 0.6) is 0 Å². The Hall–Kier alpha value is -1.84. The molecule has 19 heavy (non-hydrogen) atoms. The normalized spacial score (nSPS) is 16.5. The summed E-state index contributed by atoms with van der Waals surface area (Å²) < 4.78 is 5.30. The van der Waals surface area contributed by atoms with Gasteiger partial charge in [0.25, 0.3) is 0 Å². The molecule has 2 rings (SSSR count). The van der Waals surface area contributed by atoms with E-state index in [1.54, 1.807) is 0 Å². The van der Waals surface area contributed by atoms with Crippen molar-refractivity contribution in [1.82, 2.24) is 0 Å². The second-order valence-corrected chi connectivity index (χ2v) is 5.80. The Morgan fingerprint density at radius 1 is 1.37 bits per heavy atom. The highest BCUT2D eigenvalue weighted by Crippen LogP contribution is 2.24. The predicted molar refractivity (Wildman–Crippen MR) is 72.6 cm³/mol. The Kier molecular flexibility index (Phi) is 3.60. The van der Waals surface area contributed by atoms with E-state index in [4.69, 9.17) is 9.94 Å². The highest BCUT2D eigenvalue weighted by molar-refractivity contribution is 6.04. The van der Waals surface area contributed by atoms with Gasteiger partial charge in [-0.2, -0.15) is 0 Å². The summed E-state index contributed by atoms with van der Waals surface area (Å²) in [5, 5.41) is 12.2. The van der Waals surface area contributed by atoms with E-state index in [2.05, 4.69) is 5.16 Å². The summed E-state index contributed by atoms with van der Waals surface area (Å²) in [5.41, 5.74) is 3.32. The Bertz CT molecular complexity index is 527. The summed E-state index contributed by atoms with van der Waals surface area (Å²) in [6.07, 6.45) is 1.88. The fourth-order valence-electron chi connectivity index (χ4n) is 2.28. The van der Waals surface area contributed by atoms with Gasteiger partial charge in [-0.25, -0.2) is 0 Å². The van der Waals surface area contributed by atoms with Gasteiger partial charge in [0, 0.05) is 5.56 Å². The molecule has 4 nitrogen and oxygen atoms in total. The first-order valence-corrected chi connectivity index (χ1v) is 6.44. The molecule has 0 saturated heterocycles. The number of hydrogen-bond acceptors (Lipinski definition) is 4.